The molecule has 0 aliphatic heterocycles. The maximum absolute atomic E-state index is 13.2. The summed E-state index contributed by atoms with van der Waals surface area (Å²) in [6.07, 6.45) is 2.75. The van der Waals surface area contributed by atoms with Gasteiger partial charge in [0.1, 0.15) is 5.82 Å². The second-order valence-corrected chi connectivity index (χ2v) is 4.30. The summed E-state index contributed by atoms with van der Waals surface area (Å²) >= 11 is 5.59. The van der Waals surface area contributed by atoms with Crippen molar-refractivity contribution in [2.45, 2.75) is 0 Å². The highest BCUT2D eigenvalue weighted by Gasteiger charge is 2.00. The standard InChI is InChI=1S/C14H11ClFN3/c15-12-3-2-11(6-13(12)16)19-8-9-1-4-14(18)10(5-9)7-17/h1-8,17H,18H2. The number of nitrogens with two attached hydrogens (primary N) is 1. The Morgan fingerprint density at radius 3 is 2.68 bits per heavy atom. The molecule has 2 aromatic rings. The molecule has 5 heteroatoms. The van der Waals surface area contributed by atoms with Crippen molar-refractivity contribution in [3.8, 4) is 0 Å². The van der Waals surface area contributed by atoms with Crippen LogP contribution in [0, 0.1) is 11.2 Å². The van der Waals surface area contributed by atoms with E-state index in [0.29, 0.717) is 16.9 Å². The van der Waals surface area contributed by atoms with Crippen molar-refractivity contribution in [2.24, 2.45) is 4.99 Å². The van der Waals surface area contributed by atoms with Crippen LogP contribution in [0.1, 0.15) is 11.1 Å². The number of aliphatic imine (C=N–C) groups is 1. The molecule has 0 unspecified atom stereocenters. The number of hydrogen-bond acceptors (Lipinski definition) is 3. The third-order valence-corrected chi connectivity index (χ3v) is 2.84. The molecule has 96 valence electrons. The van der Waals surface area contributed by atoms with E-state index in [-0.39, 0.29) is 5.02 Å². The molecular weight excluding hydrogens is 265 g/mol. The minimum atomic E-state index is -0.506. The van der Waals surface area contributed by atoms with E-state index >= 15 is 0 Å². The Hall–Kier alpha value is -2.20. The molecule has 0 aromatic heterocycles. The van der Waals surface area contributed by atoms with Crippen LogP contribution < -0.4 is 5.73 Å². The van der Waals surface area contributed by atoms with Crippen LogP contribution in [-0.4, -0.2) is 12.4 Å². The summed E-state index contributed by atoms with van der Waals surface area (Å²) in [4.78, 5) is 4.14. The third-order valence-electron chi connectivity index (χ3n) is 2.53. The Morgan fingerprint density at radius 2 is 2.00 bits per heavy atom. The van der Waals surface area contributed by atoms with Crippen LogP contribution in [0.15, 0.2) is 41.4 Å². The molecule has 0 spiro atoms. The molecule has 0 heterocycles. The largest absolute Gasteiger partial charge is 0.398 e. The maximum atomic E-state index is 13.2. The summed E-state index contributed by atoms with van der Waals surface area (Å²) in [6.45, 7) is 0. The van der Waals surface area contributed by atoms with E-state index in [1.807, 2.05) is 0 Å². The second kappa shape index (κ2) is 5.63. The van der Waals surface area contributed by atoms with Crippen LogP contribution in [0.4, 0.5) is 15.8 Å². The van der Waals surface area contributed by atoms with Crippen LogP contribution in [0.2, 0.25) is 5.02 Å². The molecule has 0 saturated heterocycles. The molecule has 19 heavy (non-hydrogen) atoms. The number of nitrogens with one attached hydrogen (secondary N) is 1. The number of benzene rings is 2. The van der Waals surface area contributed by atoms with Crippen molar-refractivity contribution < 1.29 is 4.39 Å². The normalized spacial score (nSPS) is 10.8. The van der Waals surface area contributed by atoms with Crippen LogP contribution >= 0.6 is 11.6 Å². The fourth-order valence-electron chi connectivity index (χ4n) is 1.51. The smallest absolute Gasteiger partial charge is 0.143 e. The molecule has 2 rings (SSSR count). The van der Waals surface area contributed by atoms with Crippen molar-refractivity contribution in [3.05, 3.63) is 58.4 Å². The first kappa shape index (κ1) is 13.2. The zero-order chi connectivity index (χ0) is 13.8. The van der Waals surface area contributed by atoms with Gasteiger partial charge >= 0.3 is 0 Å². The lowest BCUT2D eigenvalue weighted by atomic mass is 10.1. The molecule has 3 N–H and O–H groups in total. The van der Waals surface area contributed by atoms with E-state index in [9.17, 15) is 4.39 Å². The van der Waals surface area contributed by atoms with E-state index in [0.717, 1.165) is 5.56 Å². The molecular formula is C14H11ClFN3. The van der Waals surface area contributed by atoms with Crippen molar-refractivity contribution >= 4 is 35.4 Å². The summed E-state index contributed by atoms with van der Waals surface area (Å²) in [7, 11) is 0. The molecule has 0 fully saturated rings. The lowest BCUT2D eigenvalue weighted by Crippen LogP contribution is -1.94. The SMILES string of the molecule is N=Cc1cc(C=Nc2ccc(Cl)c(F)c2)ccc1N. The summed E-state index contributed by atoms with van der Waals surface area (Å²) in [5.74, 6) is -0.506. The number of halogens is 2. The van der Waals surface area contributed by atoms with Gasteiger partial charge in [0.2, 0.25) is 0 Å². The van der Waals surface area contributed by atoms with Gasteiger partial charge in [0.25, 0.3) is 0 Å². The van der Waals surface area contributed by atoms with Crippen LogP contribution in [0.3, 0.4) is 0 Å². The highest BCUT2D eigenvalue weighted by atomic mass is 35.5. The first-order chi connectivity index (χ1) is 9.10. The van der Waals surface area contributed by atoms with E-state index in [4.69, 9.17) is 22.7 Å². The van der Waals surface area contributed by atoms with Gasteiger partial charge in [0.05, 0.1) is 10.7 Å². The highest BCUT2D eigenvalue weighted by molar-refractivity contribution is 6.30. The average Bonchev–Trinajstić information content (AvgIpc) is 2.41. The number of anilines is 1. The van der Waals surface area contributed by atoms with Gasteiger partial charge in [0.15, 0.2) is 0 Å². The van der Waals surface area contributed by atoms with Crippen LogP contribution in [0.25, 0.3) is 0 Å². The second-order valence-electron chi connectivity index (χ2n) is 3.89. The van der Waals surface area contributed by atoms with Gasteiger partial charge in [-0.1, -0.05) is 17.7 Å². The highest BCUT2D eigenvalue weighted by Crippen LogP contribution is 2.21. The molecule has 0 bridgehead atoms. The number of nitrogens with zero attached hydrogens (tertiary/aromatic N) is 1. The van der Waals surface area contributed by atoms with Crippen molar-refractivity contribution in [2.75, 3.05) is 5.73 Å². The number of rotatable bonds is 3. The summed E-state index contributed by atoms with van der Waals surface area (Å²) < 4.78 is 13.2. The van der Waals surface area contributed by atoms with Crippen LogP contribution in [-0.2, 0) is 0 Å². The predicted octanol–water partition coefficient (Wildman–Crippen LogP) is 3.81. The predicted molar refractivity (Wildman–Crippen MR) is 77.4 cm³/mol. The molecule has 0 amide bonds. The summed E-state index contributed by atoms with van der Waals surface area (Å²) in [5.41, 5.74) is 8.08. The Labute approximate surface area is 115 Å². The Kier molecular flexibility index (Phi) is 3.92. The van der Waals surface area contributed by atoms with Gasteiger partial charge in [0, 0.05) is 29.7 Å². The van der Waals surface area contributed by atoms with Gasteiger partial charge in [-0.05, 0) is 29.8 Å². The molecule has 0 aliphatic rings. The minimum Gasteiger partial charge on any atom is -0.398 e. The number of hydrogen-bond donors (Lipinski definition) is 2. The van der Waals surface area contributed by atoms with Crippen molar-refractivity contribution in [3.63, 3.8) is 0 Å². The maximum Gasteiger partial charge on any atom is 0.143 e. The van der Waals surface area contributed by atoms with E-state index in [1.165, 1.54) is 18.3 Å². The summed E-state index contributed by atoms with van der Waals surface area (Å²) in [5, 5.41) is 7.28. The topological polar surface area (TPSA) is 62.2 Å². The van der Waals surface area contributed by atoms with Gasteiger partial charge in [-0.25, -0.2) is 4.39 Å². The van der Waals surface area contributed by atoms with E-state index in [2.05, 4.69) is 4.99 Å². The Bertz CT molecular complexity index is 653. The van der Waals surface area contributed by atoms with Gasteiger partial charge in [-0.15, -0.1) is 0 Å². The Morgan fingerprint density at radius 1 is 1.21 bits per heavy atom. The minimum absolute atomic E-state index is 0.0672. The molecule has 0 aliphatic carbocycles. The molecule has 0 radical (unpaired) electrons. The quantitative estimate of drug-likeness (QED) is 0.649. The van der Waals surface area contributed by atoms with Crippen molar-refractivity contribution in [1.82, 2.24) is 0 Å². The van der Waals surface area contributed by atoms with Gasteiger partial charge < -0.3 is 11.1 Å². The number of nitrogen functional groups attached to an aromatic ring is 1. The zero-order valence-electron chi connectivity index (χ0n) is 9.90. The molecule has 2 aromatic carbocycles. The summed E-state index contributed by atoms with van der Waals surface area (Å²) in [6, 6.07) is 9.54. The van der Waals surface area contributed by atoms with E-state index < -0.39 is 5.82 Å². The average molecular weight is 276 g/mol. The lowest BCUT2D eigenvalue weighted by molar-refractivity contribution is 0.628. The fourth-order valence-corrected chi connectivity index (χ4v) is 1.63. The van der Waals surface area contributed by atoms with E-state index in [1.54, 1.807) is 30.5 Å². The van der Waals surface area contributed by atoms with Crippen molar-refractivity contribution in [1.29, 1.82) is 5.41 Å². The monoisotopic (exact) mass is 275 g/mol. The van der Waals surface area contributed by atoms with Gasteiger partial charge in [-0.2, -0.15) is 0 Å². The molecule has 0 saturated carbocycles. The van der Waals surface area contributed by atoms with Crippen LogP contribution in [0.5, 0.6) is 0 Å². The first-order valence-electron chi connectivity index (χ1n) is 5.49. The Balaban J connectivity index is 2.27. The molecule has 0 atom stereocenters. The van der Waals surface area contributed by atoms with Gasteiger partial charge in [-0.3, -0.25) is 4.99 Å². The zero-order valence-corrected chi connectivity index (χ0v) is 10.7. The first-order valence-corrected chi connectivity index (χ1v) is 5.87. The fraction of sp³-hybridized carbons (Fsp3) is 0. The third kappa shape index (κ3) is 3.17. The molecule has 3 nitrogen and oxygen atoms in total. The lowest BCUT2D eigenvalue weighted by Gasteiger charge is -2.01.